The molecular formula is C16H23N3O2. The second kappa shape index (κ2) is 6.61. The molecule has 0 saturated heterocycles. The normalized spacial score (nSPS) is 18.0. The Morgan fingerprint density at radius 1 is 1.24 bits per heavy atom. The first kappa shape index (κ1) is 15.4. The molecule has 0 radical (unpaired) electrons. The minimum absolute atomic E-state index is 0.0717. The Morgan fingerprint density at radius 2 is 1.86 bits per heavy atom. The van der Waals surface area contributed by atoms with Crippen molar-refractivity contribution in [1.82, 2.24) is 10.6 Å². The maximum absolute atomic E-state index is 12.2. The number of nitrogens with one attached hydrogen (secondary N) is 2. The number of nitrogens with two attached hydrogens (primary N) is 1. The van der Waals surface area contributed by atoms with Crippen LogP contribution in [-0.2, 0) is 4.79 Å². The van der Waals surface area contributed by atoms with Crippen molar-refractivity contribution in [3.8, 4) is 0 Å². The van der Waals surface area contributed by atoms with Gasteiger partial charge < -0.3 is 16.4 Å². The summed E-state index contributed by atoms with van der Waals surface area (Å²) < 4.78 is 0. The van der Waals surface area contributed by atoms with Crippen LogP contribution in [0.15, 0.2) is 30.3 Å². The molecule has 4 N–H and O–H groups in total. The van der Waals surface area contributed by atoms with E-state index in [1.54, 1.807) is 0 Å². The molecule has 0 aromatic heterocycles. The first-order chi connectivity index (χ1) is 10.1. The van der Waals surface area contributed by atoms with Crippen LogP contribution in [0.2, 0.25) is 0 Å². The fraction of sp³-hybridized carbons (Fsp3) is 0.500. The molecule has 0 spiro atoms. The van der Waals surface area contributed by atoms with Crippen molar-refractivity contribution in [2.45, 2.75) is 50.6 Å². The van der Waals surface area contributed by atoms with E-state index in [9.17, 15) is 9.59 Å². The topological polar surface area (TPSA) is 84.2 Å². The number of carbonyl (C=O) groups excluding carboxylic acids is 2. The Bertz CT molecular complexity index is 496. The average molecular weight is 289 g/mol. The van der Waals surface area contributed by atoms with E-state index in [1.165, 1.54) is 0 Å². The van der Waals surface area contributed by atoms with E-state index in [0.29, 0.717) is 12.8 Å². The van der Waals surface area contributed by atoms with Crippen LogP contribution in [-0.4, -0.2) is 17.5 Å². The first-order valence-electron chi connectivity index (χ1n) is 7.51. The van der Waals surface area contributed by atoms with E-state index in [4.69, 9.17) is 5.73 Å². The SMILES string of the molecule is CC[C@@H](NC(=O)NC1(C(N)=O)CCCC1)c1ccccc1. The van der Waals surface area contributed by atoms with Crippen LogP contribution in [0.3, 0.4) is 0 Å². The smallest absolute Gasteiger partial charge is 0.316 e. The fourth-order valence-corrected chi connectivity index (χ4v) is 2.93. The van der Waals surface area contributed by atoms with Crippen LogP contribution in [0, 0.1) is 0 Å². The molecule has 114 valence electrons. The molecule has 1 aliphatic rings. The van der Waals surface area contributed by atoms with Crippen LogP contribution < -0.4 is 16.4 Å². The van der Waals surface area contributed by atoms with Crippen LogP contribution in [0.4, 0.5) is 4.79 Å². The molecular weight excluding hydrogens is 266 g/mol. The Labute approximate surface area is 125 Å². The largest absolute Gasteiger partial charge is 0.368 e. The number of carbonyl (C=O) groups is 2. The molecule has 2 rings (SSSR count). The number of rotatable bonds is 5. The molecule has 1 atom stereocenters. The van der Waals surface area contributed by atoms with E-state index >= 15 is 0 Å². The summed E-state index contributed by atoms with van der Waals surface area (Å²) in [6, 6.07) is 9.39. The van der Waals surface area contributed by atoms with Gasteiger partial charge in [-0.05, 0) is 24.8 Å². The van der Waals surface area contributed by atoms with Gasteiger partial charge in [-0.15, -0.1) is 0 Å². The summed E-state index contributed by atoms with van der Waals surface area (Å²) in [6.45, 7) is 2.01. The zero-order valence-electron chi connectivity index (χ0n) is 12.4. The van der Waals surface area contributed by atoms with Crippen molar-refractivity contribution >= 4 is 11.9 Å². The van der Waals surface area contributed by atoms with Crippen LogP contribution >= 0.6 is 0 Å². The maximum atomic E-state index is 12.2. The summed E-state index contributed by atoms with van der Waals surface area (Å²) >= 11 is 0. The lowest BCUT2D eigenvalue weighted by Crippen LogP contribution is -2.58. The number of hydrogen-bond donors (Lipinski definition) is 3. The van der Waals surface area contributed by atoms with Gasteiger partial charge >= 0.3 is 6.03 Å². The van der Waals surface area contributed by atoms with E-state index in [1.807, 2.05) is 37.3 Å². The molecule has 1 aromatic rings. The number of primary amides is 1. The van der Waals surface area contributed by atoms with Gasteiger partial charge in [-0.2, -0.15) is 0 Å². The summed E-state index contributed by atoms with van der Waals surface area (Å²) in [5.74, 6) is -0.442. The summed E-state index contributed by atoms with van der Waals surface area (Å²) in [4.78, 5) is 23.9. The van der Waals surface area contributed by atoms with Crippen molar-refractivity contribution in [2.24, 2.45) is 5.73 Å². The zero-order chi connectivity index (χ0) is 15.3. The minimum Gasteiger partial charge on any atom is -0.368 e. The van der Waals surface area contributed by atoms with Gasteiger partial charge in [0.05, 0.1) is 6.04 Å². The second-order valence-electron chi connectivity index (χ2n) is 5.62. The molecule has 1 saturated carbocycles. The Balaban J connectivity index is 2.01. The molecule has 0 bridgehead atoms. The molecule has 21 heavy (non-hydrogen) atoms. The molecule has 0 aliphatic heterocycles. The summed E-state index contributed by atoms with van der Waals surface area (Å²) in [5, 5.41) is 5.73. The summed E-state index contributed by atoms with van der Waals surface area (Å²) in [5.41, 5.74) is 5.65. The van der Waals surface area contributed by atoms with Gasteiger partial charge in [0.25, 0.3) is 0 Å². The lowest BCUT2D eigenvalue weighted by Gasteiger charge is -2.28. The number of amides is 3. The second-order valence-corrected chi connectivity index (χ2v) is 5.62. The average Bonchev–Trinajstić information content (AvgIpc) is 2.95. The third kappa shape index (κ3) is 3.54. The Kier molecular flexibility index (Phi) is 4.83. The van der Waals surface area contributed by atoms with E-state index < -0.39 is 11.4 Å². The molecule has 1 aromatic carbocycles. The lowest BCUT2D eigenvalue weighted by atomic mass is 9.97. The van der Waals surface area contributed by atoms with Crippen molar-refractivity contribution in [1.29, 1.82) is 0 Å². The monoisotopic (exact) mass is 289 g/mol. The van der Waals surface area contributed by atoms with Crippen LogP contribution in [0.1, 0.15) is 50.6 Å². The van der Waals surface area contributed by atoms with Crippen molar-refractivity contribution in [3.63, 3.8) is 0 Å². The standard InChI is InChI=1S/C16H23N3O2/c1-2-13(12-8-4-3-5-9-12)18-15(21)19-16(14(17)20)10-6-7-11-16/h3-5,8-9,13H,2,6-7,10-11H2,1H3,(H2,17,20)(H2,18,19,21)/t13-/m1/s1. The molecule has 3 amide bonds. The highest BCUT2D eigenvalue weighted by Crippen LogP contribution is 2.29. The van der Waals surface area contributed by atoms with Gasteiger partial charge in [0.1, 0.15) is 5.54 Å². The van der Waals surface area contributed by atoms with Gasteiger partial charge in [0.15, 0.2) is 0 Å². The lowest BCUT2D eigenvalue weighted by molar-refractivity contribution is -0.123. The van der Waals surface area contributed by atoms with Gasteiger partial charge in [0, 0.05) is 0 Å². The van der Waals surface area contributed by atoms with Crippen LogP contribution in [0.5, 0.6) is 0 Å². The van der Waals surface area contributed by atoms with E-state index in [-0.39, 0.29) is 12.1 Å². The Morgan fingerprint density at radius 3 is 2.38 bits per heavy atom. The van der Waals surface area contributed by atoms with E-state index in [0.717, 1.165) is 24.8 Å². The highest BCUT2D eigenvalue weighted by molar-refractivity contribution is 5.90. The summed E-state index contributed by atoms with van der Waals surface area (Å²) in [7, 11) is 0. The third-order valence-corrected chi connectivity index (χ3v) is 4.20. The van der Waals surface area contributed by atoms with E-state index in [2.05, 4.69) is 10.6 Å². The first-order valence-corrected chi connectivity index (χ1v) is 7.51. The Hall–Kier alpha value is -2.04. The van der Waals surface area contributed by atoms with Crippen molar-refractivity contribution in [3.05, 3.63) is 35.9 Å². The number of benzene rings is 1. The van der Waals surface area contributed by atoms with Crippen LogP contribution in [0.25, 0.3) is 0 Å². The highest BCUT2D eigenvalue weighted by atomic mass is 16.2. The van der Waals surface area contributed by atoms with Crippen molar-refractivity contribution < 1.29 is 9.59 Å². The molecule has 1 fully saturated rings. The van der Waals surface area contributed by atoms with Gasteiger partial charge in [-0.1, -0.05) is 50.1 Å². The number of hydrogen-bond acceptors (Lipinski definition) is 2. The van der Waals surface area contributed by atoms with Gasteiger partial charge in [-0.3, -0.25) is 4.79 Å². The van der Waals surface area contributed by atoms with Crippen molar-refractivity contribution in [2.75, 3.05) is 0 Å². The van der Waals surface area contributed by atoms with Gasteiger partial charge in [0.2, 0.25) is 5.91 Å². The maximum Gasteiger partial charge on any atom is 0.316 e. The predicted molar refractivity (Wildman–Crippen MR) is 81.5 cm³/mol. The highest BCUT2D eigenvalue weighted by Gasteiger charge is 2.41. The molecule has 5 heteroatoms. The molecule has 5 nitrogen and oxygen atoms in total. The van der Waals surface area contributed by atoms with Gasteiger partial charge in [-0.25, -0.2) is 4.79 Å². The fourth-order valence-electron chi connectivity index (χ4n) is 2.93. The minimum atomic E-state index is -0.876. The predicted octanol–water partition coefficient (Wildman–Crippen LogP) is 2.23. The summed E-state index contributed by atoms with van der Waals surface area (Å²) in [6.07, 6.45) is 3.86. The third-order valence-electron chi connectivity index (χ3n) is 4.20. The zero-order valence-corrected chi connectivity index (χ0v) is 12.4. The number of urea groups is 1. The molecule has 0 heterocycles. The quantitative estimate of drug-likeness (QED) is 0.776. The molecule has 1 aliphatic carbocycles. The molecule has 0 unspecified atom stereocenters.